The number of hydrogen-bond donors (Lipinski definition) is 2. The molecule has 13 heteroatoms. The number of nitrogens with zero attached hydrogens (tertiary/aromatic N) is 1. The Morgan fingerprint density at radius 1 is 0.642 bits per heavy atom. The summed E-state index contributed by atoms with van der Waals surface area (Å²) in [6.07, 6.45) is 19.9. The molecule has 1 aromatic rings. The van der Waals surface area contributed by atoms with Crippen molar-refractivity contribution in [3.63, 3.8) is 0 Å². The number of imidazole rings is 1. The van der Waals surface area contributed by atoms with Crippen molar-refractivity contribution >= 4 is 11.9 Å². The maximum Gasteiger partial charge on any atom is 0.308 e. The number of esters is 1. The molecule has 0 fully saturated rings. The molecule has 1 amide bonds. The van der Waals surface area contributed by atoms with E-state index in [0.717, 1.165) is 90.1 Å². The molecule has 0 radical (unpaired) electrons. The number of H-pyrrole nitrogens is 1. The minimum atomic E-state index is -0.210. The zero-order valence-corrected chi connectivity index (χ0v) is 33.6. The molecular formula is C40H75N3O10. The SMILES string of the molecule is CCCCCCC(CCCC)C(=O)OCCCCCCOC(COCCCCCCOC)COCCOCCOCCOCCNC(=O)c1cnc[nH]1. The molecular weight excluding hydrogens is 682 g/mol. The number of methoxy groups -OCH3 is 1. The van der Waals surface area contributed by atoms with Gasteiger partial charge in [-0.3, -0.25) is 9.59 Å². The molecule has 1 aromatic heterocycles. The van der Waals surface area contributed by atoms with Gasteiger partial charge < -0.3 is 48.2 Å². The Labute approximate surface area is 320 Å². The van der Waals surface area contributed by atoms with Crippen LogP contribution in [-0.2, 0) is 42.7 Å². The van der Waals surface area contributed by atoms with Crippen molar-refractivity contribution in [3.8, 4) is 0 Å². The van der Waals surface area contributed by atoms with Crippen LogP contribution < -0.4 is 5.32 Å². The number of hydrogen-bond acceptors (Lipinski definition) is 11. The van der Waals surface area contributed by atoms with Gasteiger partial charge in [-0.15, -0.1) is 0 Å². The van der Waals surface area contributed by atoms with Crippen LogP contribution in [0.5, 0.6) is 0 Å². The van der Waals surface area contributed by atoms with Crippen LogP contribution in [0.3, 0.4) is 0 Å². The van der Waals surface area contributed by atoms with Crippen molar-refractivity contribution in [2.45, 2.75) is 123 Å². The molecule has 0 bridgehead atoms. The fraction of sp³-hybridized carbons (Fsp3) is 0.875. The second kappa shape index (κ2) is 38.2. The maximum absolute atomic E-state index is 12.7. The minimum absolute atomic E-state index is 0.000688. The first-order valence-corrected chi connectivity index (χ1v) is 20.5. The first-order valence-electron chi connectivity index (χ1n) is 20.5. The smallest absolute Gasteiger partial charge is 0.308 e. The Hall–Kier alpha value is -2.13. The molecule has 0 aliphatic heterocycles. The molecule has 0 aromatic carbocycles. The highest BCUT2D eigenvalue weighted by molar-refractivity contribution is 5.91. The average Bonchev–Trinajstić information content (AvgIpc) is 3.72. The van der Waals surface area contributed by atoms with Crippen molar-refractivity contribution in [2.24, 2.45) is 5.92 Å². The number of aromatic nitrogens is 2. The number of unbranched alkanes of at least 4 members (excludes halogenated alkanes) is 10. The van der Waals surface area contributed by atoms with Crippen LogP contribution in [0, 0.1) is 5.92 Å². The van der Waals surface area contributed by atoms with E-state index in [9.17, 15) is 9.59 Å². The van der Waals surface area contributed by atoms with E-state index in [-0.39, 0.29) is 23.9 Å². The lowest BCUT2D eigenvalue weighted by molar-refractivity contribution is -0.149. The van der Waals surface area contributed by atoms with Crippen molar-refractivity contribution in [2.75, 3.05) is 99.5 Å². The number of rotatable bonds is 41. The van der Waals surface area contributed by atoms with Gasteiger partial charge in [-0.1, -0.05) is 71.6 Å². The number of carbonyl (C=O) groups is 2. The van der Waals surface area contributed by atoms with E-state index in [1.54, 1.807) is 7.11 Å². The fourth-order valence-corrected chi connectivity index (χ4v) is 5.50. The summed E-state index contributed by atoms with van der Waals surface area (Å²) in [5, 5.41) is 2.75. The Bertz CT molecular complexity index is 925. The Morgan fingerprint density at radius 2 is 1.21 bits per heavy atom. The molecule has 1 rings (SSSR count). The van der Waals surface area contributed by atoms with Gasteiger partial charge in [0, 0.05) is 33.5 Å². The van der Waals surface area contributed by atoms with Crippen LogP contribution in [-0.4, -0.2) is 127 Å². The van der Waals surface area contributed by atoms with Crippen LogP contribution in [0.1, 0.15) is 127 Å². The quantitative estimate of drug-likeness (QED) is 0.0544. The summed E-state index contributed by atoms with van der Waals surface area (Å²) in [6, 6.07) is 0. The van der Waals surface area contributed by atoms with Gasteiger partial charge in [0.2, 0.25) is 0 Å². The zero-order chi connectivity index (χ0) is 38.3. The van der Waals surface area contributed by atoms with E-state index in [1.165, 1.54) is 31.8 Å². The van der Waals surface area contributed by atoms with Gasteiger partial charge in [-0.25, -0.2) is 4.98 Å². The number of nitrogens with one attached hydrogen (secondary N) is 2. The van der Waals surface area contributed by atoms with E-state index >= 15 is 0 Å². The molecule has 13 nitrogen and oxygen atoms in total. The largest absolute Gasteiger partial charge is 0.465 e. The van der Waals surface area contributed by atoms with Crippen molar-refractivity contribution in [1.82, 2.24) is 15.3 Å². The van der Waals surface area contributed by atoms with Gasteiger partial charge >= 0.3 is 5.97 Å². The monoisotopic (exact) mass is 758 g/mol. The molecule has 1 heterocycles. The molecule has 310 valence electrons. The number of carbonyl (C=O) groups excluding carboxylic acids is 2. The fourth-order valence-electron chi connectivity index (χ4n) is 5.50. The summed E-state index contributed by atoms with van der Waals surface area (Å²) in [6.45, 7) is 11.6. The highest BCUT2D eigenvalue weighted by atomic mass is 16.6. The third-order valence-electron chi connectivity index (χ3n) is 8.67. The normalized spacial score (nSPS) is 12.6. The lowest BCUT2D eigenvalue weighted by Gasteiger charge is -2.18. The molecule has 0 aliphatic carbocycles. The number of ether oxygens (including phenoxy) is 8. The summed E-state index contributed by atoms with van der Waals surface area (Å²) in [7, 11) is 1.74. The van der Waals surface area contributed by atoms with Gasteiger partial charge in [0.1, 0.15) is 11.8 Å². The van der Waals surface area contributed by atoms with Crippen LogP contribution in [0.25, 0.3) is 0 Å². The van der Waals surface area contributed by atoms with Gasteiger partial charge in [-0.2, -0.15) is 0 Å². The second-order valence-corrected chi connectivity index (χ2v) is 13.4. The maximum atomic E-state index is 12.7. The van der Waals surface area contributed by atoms with Gasteiger partial charge in [0.15, 0.2) is 0 Å². The van der Waals surface area contributed by atoms with E-state index in [1.807, 2.05) is 0 Å². The second-order valence-electron chi connectivity index (χ2n) is 13.4. The molecule has 0 spiro atoms. The highest BCUT2D eigenvalue weighted by Crippen LogP contribution is 2.19. The lowest BCUT2D eigenvalue weighted by Crippen LogP contribution is -2.28. The van der Waals surface area contributed by atoms with E-state index in [2.05, 4.69) is 29.1 Å². The van der Waals surface area contributed by atoms with Crippen molar-refractivity contribution < 1.29 is 47.5 Å². The van der Waals surface area contributed by atoms with Crippen molar-refractivity contribution in [1.29, 1.82) is 0 Å². The summed E-state index contributed by atoms with van der Waals surface area (Å²) in [4.78, 5) is 31.1. The zero-order valence-electron chi connectivity index (χ0n) is 33.6. The third-order valence-corrected chi connectivity index (χ3v) is 8.67. The predicted molar refractivity (Wildman–Crippen MR) is 206 cm³/mol. The third kappa shape index (κ3) is 30.8. The van der Waals surface area contributed by atoms with Crippen LogP contribution in [0.4, 0.5) is 0 Å². The Morgan fingerprint density at radius 3 is 1.85 bits per heavy atom. The van der Waals surface area contributed by atoms with Crippen LogP contribution in [0.15, 0.2) is 12.5 Å². The molecule has 2 atom stereocenters. The molecule has 2 unspecified atom stereocenters. The average molecular weight is 758 g/mol. The first-order chi connectivity index (χ1) is 26.1. The van der Waals surface area contributed by atoms with Crippen LogP contribution >= 0.6 is 0 Å². The van der Waals surface area contributed by atoms with Crippen LogP contribution in [0.2, 0.25) is 0 Å². The molecule has 53 heavy (non-hydrogen) atoms. The molecule has 0 saturated carbocycles. The minimum Gasteiger partial charge on any atom is -0.465 e. The Kier molecular flexibility index (Phi) is 35.2. The molecule has 0 saturated heterocycles. The van der Waals surface area contributed by atoms with Gasteiger partial charge in [0.25, 0.3) is 5.91 Å². The first kappa shape index (κ1) is 48.9. The highest BCUT2D eigenvalue weighted by Gasteiger charge is 2.19. The summed E-state index contributed by atoms with van der Waals surface area (Å²) >= 11 is 0. The topological polar surface area (TPSA) is 149 Å². The van der Waals surface area contributed by atoms with E-state index < -0.39 is 0 Å². The molecule has 2 N–H and O–H groups in total. The lowest BCUT2D eigenvalue weighted by atomic mass is 9.95. The predicted octanol–water partition coefficient (Wildman–Crippen LogP) is 6.69. The van der Waals surface area contributed by atoms with E-state index in [4.69, 9.17) is 37.9 Å². The Balaban J connectivity index is 2.14. The standard InChI is InChI=1S/C40H75N3O10/c1-4-6-8-13-19-36(18-7-5-2)40(45)53-24-17-12-11-16-23-52-37(33-50-22-15-10-9-14-21-46-3)34-51-31-30-49-29-28-48-27-26-47-25-20-42-39(44)38-32-41-35-43-38/h32,35-37H,4-31,33-34H2,1-3H3,(H,41,43)(H,42,44). The van der Waals surface area contributed by atoms with E-state index in [0.29, 0.717) is 91.5 Å². The van der Waals surface area contributed by atoms with Gasteiger partial charge in [-0.05, 0) is 44.9 Å². The number of amides is 1. The van der Waals surface area contributed by atoms with Crippen molar-refractivity contribution in [3.05, 3.63) is 18.2 Å². The number of aromatic amines is 1. The summed E-state index contributed by atoms with van der Waals surface area (Å²) in [5.74, 6) is -0.153. The summed E-state index contributed by atoms with van der Waals surface area (Å²) < 4.78 is 45.4. The summed E-state index contributed by atoms with van der Waals surface area (Å²) in [5.41, 5.74) is 0.422. The van der Waals surface area contributed by atoms with Gasteiger partial charge in [0.05, 0.1) is 84.5 Å². The molecule has 0 aliphatic rings.